The summed E-state index contributed by atoms with van der Waals surface area (Å²) in [5, 5.41) is 7.84. The molecule has 6 nitrogen and oxygen atoms in total. The van der Waals surface area contributed by atoms with Crippen molar-refractivity contribution >= 4 is 22.5 Å². The van der Waals surface area contributed by atoms with Crippen molar-refractivity contribution in [1.82, 2.24) is 15.6 Å². The lowest BCUT2D eigenvalue weighted by Crippen LogP contribution is -2.38. The zero-order valence-corrected chi connectivity index (χ0v) is 17.2. The molecule has 0 bridgehead atoms. The number of aliphatic imine (C=N–C) groups is 1. The van der Waals surface area contributed by atoms with E-state index < -0.39 is 0 Å². The molecule has 0 spiro atoms. The molecule has 1 saturated heterocycles. The molecule has 1 aliphatic heterocycles. The highest BCUT2D eigenvalue weighted by Crippen LogP contribution is 2.21. The van der Waals surface area contributed by atoms with Crippen molar-refractivity contribution in [3.8, 4) is 0 Å². The summed E-state index contributed by atoms with van der Waals surface area (Å²) in [4.78, 5) is 9.60. The highest BCUT2D eigenvalue weighted by molar-refractivity contribution is 5.83. The van der Waals surface area contributed by atoms with Gasteiger partial charge in [0.25, 0.3) is 0 Å². The largest absolute Gasteiger partial charge is 0.378 e. The van der Waals surface area contributed by atoms with E-state index in [-0.39, 0.29) is 5.82 Å². The number of fused-ring (bicyclic) bond motifs is 1. The molecule has 30 heavy (non-hydrogen) atoms. The van der Waals surface area contributed by atoms with Crippen LogP contribution in [0.3, 0.4) is 0 Å². The number of aromatic nitrogens is 1. The SMILES string of the molecule is CN=C(NCCc1c[nH]c2ccccc12)NCc1ccc(N2CCOCC2)c(F)c1. The minimum Gasteiger partial charge on any atom is -0.378 e. The number of hydrogen-bond donors (Lipinski definition) is 3. The number of aromatic amines is 1. The maximum atomic E-state index is 14.6. The number of nitrogens with one attached hydrogen (secondary N) is 3. The minimum atomic E-state index is -0.196. The Morgan fingerprint density at radius 3 is 2.80 bits per heavy atom. The maximum absolute atomic E-state index is 14.6. The molecule has 0 saturated carbocycles. The normalized spacial score (nSPS) is 14.9. The van der Waals surface area contributed by atoms with Crippen molar-refractivity contribution in [2.24, 2.45) is 4.99 Å². The minimum absolute atomic E-state index is 0.196. The van der Waals surface area contributed by atoms with Crippen molar-refractivity contribution in [1.29, 1.82) is 0 Å². The number of ether oxygens (including phenoxy) is 1. The number of nitrogens with zero attached hydrogens (tertiary/aromatic N) is 2. The Morgan fingerprint density at radius 2 is 2.00 bits per heavy atom. The van der Waals surface area contributed by atoms with Crippen LogP contribution in [-0.4, -0.2) is 50.8 Å². The van der Waals surface area contributed by atoms with Crippen LogP contribution in [0.2, 0.25) is 0 Å². The van der Waals surface area contributed by atoms with E-state index in [1.54, 1.807) is 13.1 Å². The molecular weight excluding hydrogens is 381 g/mol. The Hall–Kier alpha value is -3.06. The summed E-state index contributed by atoms with van der Waals surface area (Å²) >= 11 is 0. The lowest BCUT2D eigenvalue weighted by atomic mass is 10.1. The van der Waals surface area contributed by atoms with E-state index in [2.05, 4.69) is 45.0 Å². The van der Waals surface area contributed by atoms with Gasteiger partial charge in [0.2, 0.25) is 0 Å². The number of benzene rings is 2. The predicted octanol–water partition coefficient (Wildman–Crippen LogP) is 3.05. The van der Waals surface area contributed by atoms with Crippen LogP contribution in [-0.2, 0) is 17.7 Å². The standard InChI is InChI=1S/C23H28FN5O/c1-25-23(26-9-8-18-16-27-21-5-3-2-4-19(18)21)28-15-17-6-7-22(20(24)14-17)29-10-12-30-13-11-29/h2-7,14,16,27H,8-13,15H2,1H3,(H2,25,26,28). The smallest absolute Gasteiger partial charge is 0.191 e. The summed E-state index contributed by atoms with van der Waals surface area (Å²) in [5.74, 6) is 0.506. The van der Waals surface area contributed by atoms with E-state index in [0.717, 1.165) is 37.1 Å². The van der Waals surface area contributed by atoms with Crippen molar-refractivity contribution in [2.45, 2.75) is 13.0 Å². The summed E-state index contributed by atoms with van der Waals surface area (Å²) in [6, 6.07) is 13.7. The van der Waals surface area contributed by atoms with Crippen LogP contribution in [0.5, 0.6) is 0 Å². The first-order valence-electron chi connectivity index (χ1n) is 10.4. The van der Waals surface area contributed by atoms with E-state index in [1.807, 2.05) is 23.1 Å². The Kier molecular flexibility index (Phi) is 6.49. The lowest BCUT2D eigenvalue weighted by Gasteiger charge is -2.29. The molecule has 0 radical (unpaired) electrons. The van der Waals surface area contributed by atoms with E-state index in [4.69, 9.17) is 4.74 Å². The lowest BCUT2D eigenvalue weighted by molar-refractivity contribution is 0.122. The predicted molar refractivity (Wildman–Crippen MR) is 120 cm³/mol. The molecule has 2 aromatic carbocycles. The average molecular weight is 410 g/mol. The van der Waals surface area contributed by atoms with Crippen molar-refractivity contribution in [2.75, 3.05) is 44.8 Å². The van der Waals surface area contributed by atoms with E-state index in [9.17, 15) is 4.39 Å². The molecule has 0 amide bonds. The van der Waals surface area contributed by atoms with Crippen LogP contribution in [0.15, 0.2) is 53.7 Å². The average Bonchev–Trinajstić information content (AvgIpc) is 3.20. The van der Waals surface area contributed by atoms with Gasteiger partial charge in [0, 0.05) is 50.3 Å². The first kappa shape index (κ1) is 20.2. The van der Waals surface area contributed by atoms with Gasteiger partial charge in [0.1, 0.15) is 5.82 Å². The fourth-order valence-corrected chi connectivity index (χ4v) is 3.78. The van der Waals surface area contributed by atoms with Crippen molar-refractivity contribution < 1.29 is 9.13 Å². The summed E-state index contributed by atoms with van der Waals surface area (Å²) in [7, 11) is 1.74. The van der Waals surface area contributed by atoms with Gasteiger partial charge in [-0.05, 0) is 35.7 Å². The quantitative estimate of drug-likeness (QED) is 0.433. The Bertz CT molecular complexity index is 1010. The maximum Gasteiger partial charge on any atom is 0.191 e. The molecule has 0 atom stereocenters. The van der Waals surface area contributed by atoms with Crippen molar-refractivity contribution in [3.63, 3.8) is 0 Å². The van der Waals surface area contributed by atoms with Gasteiger partial charge >= 0.3 is 0 Å². The fourth-order valence-electron chi connectivity index (χ4n) is 3.78. The number of H-pyrrole nitrogens is 1. The number of rotatable bonds is 6. The molecule has 3 aromatic rings. The second kappa shape index (κ2) is 9.63. The van der Waals surface area contributed by atoms with Crippen LogP contribution in [0.1, 0.15) is 11.1 Å². The molecule has 7 heteroatoms. The van der Waals surface area contributed by atoms with Crippen LogP contribution >= 0.6 is 0 Å². The Morgan fingerprint density at radius 1 is 1.17 bits per heavy atom. The molecule has 2 heterocycles. The van der Waals surface area contributed by atoms with Crippen molar-refractivity contribution in [3.05, 3.63) is 65.6 Å². The van der Waals surface area contributed by atoms with Crippen LogP contribution in [0.25, 0.3) is 10.9 Å². The second-order valence-electron chi connectivity index (χ2n) is 7.35. The third-order valence-electron chi connectivity index (χ3n) is 5.41. The molecule has 3 N–H and O–H groups in total. The van der Waals surface area contributed by atoms with Crippen LogP contribution in [0.4, 0.5) is 10.1 Å². The third-order valence-corrected chi connectivity index (χ3v) is 5.41. The highest BCUT2D eigenvalue weighted by Gasteiger charge is 2.15. The fraction of sp³-hybridized carbons (Fsp3) is 0.348. The second-order valence-corrected chi connectivity index (χ2v) is 7.35. The molecule has 0 unspecified atom stereocenters. The Balaban J connectivity index is 1.28. The first-order chi connectivity index (χ1) is 14.7. The van der Waals surface area contributed by atoms with Gasteiger partial charge in [0.15, 0.2) is 5.96 Å². The molecule has 1 aliphatic rings. The molecule has 1 fully saturated rings. The summed E-state index contributed by atoms with van der Waals surface area (Å²) in [6.45, 7) is 3.99. The monoisotopic (exact) mass is 409 g/mol. The van der Waals surface area contributed by atoms with Gasteiger partial charge in [-0.3, -0.25) is 4.99 Å². The molecular formula is C23H28FN5O. The number of para-hydroxylation sites is 1. The number of anilines is 1. The van der Waals surface area contributed by atoms with Crippen LogP contribution < -0.4 is 15.5 Å². The van der Waals surface area contributed by atoms with Gasteiger partial charge in [-0.15, -0.1) is 0 Å². The molecule has 0 aliphatic carbocycles. The highest BCUT2D eigenvalue weighted by atomic mass is 19.1. The summed E-state index contributed by atoms with van der Waals surface area (Å²) in [6.07, 6.45) is 2.94. The number of guanidine groups is 1. The Labute approximate surface area is 176 Å². The third kappa shape index (κ3) is 4.74. The van der Waals surface area contributed by atoms with Crippen LogP contribution in [0, 0.1) is 5.82 Å². The molecule has 1 aromatic heterocycles. The molecule has 4 rings (SSSR count). The van der Waals surface area contributed by atoms with E-state index in [1.165, 1.54) is 10.9 Å². The van der Waals surface area contributed by atoms with Gasteiger partial charge in [-0.25, -0.2) is 4.39 Å². The first-order valence-corrected chi connectivity index (χ1v) is 10.4. The van der Waals surface area contributed by atoms with Gasteiger partial charge < -0.3 is 25.3 Å². The molecule has 158 valence electrons. The number of morpholine rings is 1. The zero-order valence-electron chi connectivity index (χ0n) is 17.2. The number of hydrogen-bond acceptors (Lipinski definition) is 3. The zero-order chi connectivity index (χ0) is 20.8. The summed E-state index contributed by atoms with van der Waals surface area (Å²) < 4.78 is 19.9. The van der Waals surface area contributed by atoms with E-state index in [0.29, 0.717) is 31.4 Å². The van der Waals surface area contributed by atoms with Gasteiger partial charge in [-0.1, -0.05) is 24.3 Å². The van der Waals surface area contributed by atoms with Gasteiger partial charge in [-0.2, -0.15) is 0 Å². The van der Waals surface area contributed by atoms with Gasteiger partial charge in [0.05, 0.1) is 18.9 Å². The number of halogens is 1. The summed E-state index contributed by atoms with van der Waals surface area (Å²) in [5.41, 5.74) is 3.94. The topological polar surface area (TPSA) is 64.7 Å². The van der Waals surface area contributed by atoms with E-state index >= 15 is 0 Å².